The predicted molar refractivity (Wildman–Crippen MR) is 71.6 cm³/mol. The van der Waals surface area contributed by atoms with E-state index >= 15 is 0 Å². The van der Waals surface area contributed by atoms with Crippen molar-refractivity contribution < 1.29 is 4.79 Å². The molecule has 0 bridgehead atoms. The zero-order valence-corrected chi connectivity index (χ0v) is 11.6. The number of amides is 1. The molecule has 0 aromatic rings. The molecule has 1 atom stereocenters. The van der Waals surface area contributed by atoms with Gasteiger partial charge in [0.25, 0.3) is 0 Å². The SMILES string of the molecule is CC(C)(C)CC(CN)C(=O)NCC1CCCC1. The lowest BCUT2D eigenvalue weighted by atomic mass is 9.84. The molecule has 0 heterocycles. The molecule has 1 amide bonds. The topological polar surface area (TPSA) is 55.1 Å². The van der Waals surface area contributed by atoms with Crippen LogP contribution in [0.2, 0.25) is 0 Å². The van der Waals surface area contributed by atoms with Gasteiger partial charge in [0.2, 0.25) is 5.91 Å². The van der Waals surface area contributed by atoms with Gasteiger partial charge >= 0.3 is 0 Å². The van der Waals surface area contributed by atoms with E-state index in [0.717, 1.165) is 13.0 Å². The summed E-state index contributed by atoms with van der Waals surface area (Å²) in [5, 5.41) is 3.08. The predicted octanol–water partition coefficient (Wildman–Crippen LogP) is 2.30. The molecule has 100 valence electrons. The molecular weight excluding hydrogens is 212 g/mol. The minimum atomic E-state index is -0.0311. The number of hydrogen-bond acceptors (Lipinski definition) is 2. The third kappa shape index (κ3) is 5.53. The van der Waals surface area contributed by atoms with Crippen LogP contribution in [0.3, 0.4) is 0 Å². The van der Waals surface area contributed by atoms with E-state index in [9.17, 15) is 4.79 Å². The van der Waals surface area contributed by atoms with E-state index in [-0.39, 0.29) is 17.2 Å². The maximum Gasteiger partial charge on any atom is 0.224 e. The van der Waals surface area contributed by atoms with Crippen LogP contribution in [0.4, 0.5) is 0 Å². The monoisotopic (exact) mass is 240 g/mol. The van der Waals surface area contributed by atoms with Gasteiger partial charge in [0.15, 0.2) is 0 Å². The van der Waals surface area contributed by atoms with Crippen LogP contribution < -0.4 is 11.1 Å². The number of nitrogens with two attached hydrogens (primary N) is 1. The van der Waals surface area contributed by atoms with Crippen LogP contribution in [0.5, 0.6) is 0 Å². The van der Waals surface area contributed by atoms with Crippen LogP contribution in [-0.2, 0) is 4.79 Å². The summed E-state index contributed by atoms with van der Waals surface area (Å²) < 4.78 is 0. The van der Waals surface area contributed by atoms with Gasteiger partial charge in [0, 0.05) is 13.1 Å². The van der Waals surface area contributed by atoms with Crippen molar-refractivity contribution in [1.82, 2.24) is 5.32 Å². The molecule has 1 fully saturated rings. The quantitative estimate of drug-likeness (QED) is 0.774. The minimum absolute atomic E-state index is 0.0311. The van der Waals surface area contributed by atoms with Gasteiger partial charge in [-0.1, -0.05) is 33.6 Å². The Bertz CT molecular complexity index is 239. The van der Waals surface area contributed by atoms with Crippen LogP contribution in [0.15, 0.2) is 0 Å². The average Bonchev–Trinajstić information content (AvgIpc) is 2.74. The molecule has 0 aromatic carbocycles. The first-order chi connectivity index (χ1) is 7.92. The Labute approximate surface area is 106 Å². The van der Waals surface area contributed by atoms with Gasteiger partial charge in [0.05, 0.1) is 5.92 Å². The Morgan fingerprint density at radius 2 is 1.94 bits per heavy atom. The maximum absolute atomic E-state index is 12.0. The lowest BCUT2D eigenvalue weighted by Crippen LogP contribution is -2.39. The van der Waals surface area contributed by atoms with Gasteiger partial charge in [-0.15, -0.1) is 0 Å². The van der Waals surface area contributed by atoms with Crippen molar-refractivity contribution in [1.29, 1.82) is 0 Å². The third-order valence-corrected chi connectivity index (χ3v) is 3.55. The summed E-state index contributed by atoms with van der Waals surface area (Å²) in [7, 11) is 0. The number of nitrogens with one attached hydrogen (secondary N) is 1. The molecule has 17 heavy (non-hydrogen) atoms. The maximum atomic E-state index is 12.0. The summed E-state index contributed by atoms with van der Waals surface area (Å²) >= 11 is 0. The summed E-state index contributed by atoms with van der Waals surface area (Å²) in [6.07, 6.45) is 6.05. The molecule has 1 aliphatic rings. The molecule has 0 radical (unpaired) electrons. The molecular formula is C14H28N2O. The summed E-state index contributed by atoms with van der Waals surface area (Å²) in [5.74, 6) is 0.817. The normalized spacial score (nSPS) is 19.3. The second-order valence-corrected chi connectivity index (χ2v) is 6.59. The Morgan fingerprint density at radius 3 is 2.41 bits per heavy atom. The summed E-state index contributed by atoms with van der Waals surface area (Å²) in [6.45, 7) is 7.76. The first-order valence-electron chi connectivity index (χ1n) is 6.90. The van der Waals surface area contributed by atoms with Crippen molar-refractivity contribution in [3.8, 4) is 0 Å². The zero-order valence-electron chi connectivity index (χ0n) is 11.6. The van der Waals surface area contributed by atoms with E-state index in [1.807, 2.05) is 0 Å². The van der Waals surface area contributed by atoms with Crippen molar-refractivity contribution in [2.75, 3.05) is 13.1 Å². The lowest BCUT2D eigenvalue weighted by Gasteiger charge is -2.24. The molecule has 3 nitrogen and oxygen atoms in total. The number of hydrogen-bond donors (Lipinski definition) is 2. The van der Waals surface area contributed by atoms with Crippen molar-refractivity contribution in [3.63, 3.8) is 0 Å². The number of carbonyl (C=O) groups excluding carboxylic acids is 1. The Morgan fingerprint density at radius 1 is 1.35 bits per heavy atom. The van der Waals surface area contributed by atoms with Crippen LogP contribution >= 0.6 is 0 Å². The molecule has 1 rings (SSSR count). The highest BCUT2D eigenvalue weighted by molar-refractivity contribution is 5.78. The lowest BCUT2D eigenvalue weighted by molar-refractivity contribution is -0.125. The fraction of sp³-hybridized carbons (Fsp3) is 0.929. The van der Waals surface area contributed by atoms with Gasteiger partial charge in [0.1, 0.15) is 0 Å². The van der Waals surface area contributed by atoms with Gasteiger partial charge in [-0.25, -0.2) is 0 Å². The largest absolute Gasteiger partial charge is 0.356 e. The van der Waals surface area contributed by atoms with Crippen LogP contribution in [0.25, 0.3) is 0 Å². The third-order valence-electron chi connectivity index (χ3n) is 3.55. The molecule has 0 saturated heterocycles. The van der Waals surface area contributed by atoms with Gasteiger partial charge in [-0.2, -0.15) is 0 Å². The molecule has 1 aliphatic carbocycles. The molecule has 1 unspecified atom stereocenters. The average molecular weight is 240 g/mol. The fourth-order valence-corrected chi connectivity index (χ4v) is 2.63. The highest BCUT2D eigenvalue weighted by atomic mass is 16.1. The molecule has 0 aromatic heterocycles. The second kappa shape index (κ2) is 6.39. The Balaban J connectivity index is 2.32. The first kappa shape index (κ1) is 14.5. The number of carbonyl (C=O) groups is 1. The molecule has 3 heteroatoms. The first-order valence-corrected chi connectivity index (χ1v) is 6.90. The summed E-state index contributed by atoms with van der Waals surface area (Å²) in [6, 6.07) is 0. The van der Waals surface area contributed by atoms with E-state index in [0.29, 0.717) is 12.5 Å². The van der Waals surface area contributed by atoms with Gasteiger partial charge in [-0.3, -0.25) is 4.79 Å². The highest BCUT2D eigenvalue weighted by Crippen LogP contribution is 2.25. The van der Waals surface area contributed by atoms with Crippen LogP contribution in [0, 0.1) is 17.3 Å². The van der Waals surface area contributed by atoms with E-state index in [1.54, 1.807) is 0 Å². The zero-order chi connectivity index (χ0) is 12.9. The van der Waals surface area contributed by atoms with Gasteiger partial charge in [-0.05, 0) is 30.6 Å². The Hall–Kier alpha value is -0.570. The number of rotatable bonds is 5. The van der Waals surface area contributed by atoms with E-state index in [4.69, 9.17) is 5.73 Å². The molecule has 0 spiro atoms. The van der Waals surface area contributed by atoms with Crippen molar-refractivity contribution in [2.24, 2.45) is 23.0 Å². The van der Waals surface area contributed by atoms with Crippen molar-refractivity contribution >= 4 is 5.91 Å². The highest BCUT2D eigenvalue weighted by Gasteiger charge is 2.24. The molecule has 0 aliphatic heterocycles. The smallest absolute Gasteiger partial charge is 0.224 e. The van der Waals surface area contributed by atoms with Crippen LogP contribution in [0.1, 0.15) is 52.9 Å². The minimum Gasteiger partial charge on any atom is -0.356 e. The van der Waals surface area contributed by atoms with Crippen molar-refractivity contribution in [2.45, 2.75) is 52.9 Å². The Kier molecular flexibility index (Phi) is 5.44. The van der Waals surface area contributed by atoms with E-state index in [1.165, 1.54) is 25.7 Å². The van der Waals surface area contributed by atoms with Crippen LogP contribution in [-0.4, -0.2) is 19.0 Å². The summed E-state index contributed by atoms with van der Waals surface area (Å²) in [5.41, 5.74) is 5.87. The van der Waals surface area contributed by atoms with E-state index < -0.39 is 0 Å². The standard InChI is InChI=1S/C14H28N2O/c1-14(2,3)8-12(9-15)13(17)16-10-11-6-4-5-7-11/h11-12H,4-10,15H2,1-3H3,(H,16,17). The second-order valence-electron chi connectivity index (χ2n) is 6.59. The molecule has 1 saturated carbocycles. The van der Waals surface area contributed by atoms with Crippen molar-refractivity contribution in [3.05, 3.63) is 0 Å². The summed E-state index contributed by atoms with van der Waals surface area (Å²) in [4.78, 5) is 12.0. The van der Waals surface area contributed by atoms with Gasteiger partial charge < -0.3 is 11.1 Å². The molecule has 3 N–H and O–H groups in total. The van der Waals surface area contributed by atoms with E-state index in [2.05, 4.69) is 26.1 Å². The fourth-order valence-electron chi connectivity index (χ4n) is 2.63.